The van der Waals surface area contributed by atoms with E-state index < -0.39 is 0 Å². The fourth-order valence-corrected chi connectivity index (χ4v) is 1.33. The standard InChI is InChI=1S/C11H18N4O2/c1-4-12-10(16)5-6-13-9-7-11(17-3)15-8(2)14-9/h7H,4-6H2,1-3H3,(H,12,16)(H,13,14,15). The summed E-state index contributed by atoms with van der Waals surface area (Å²) in [5.74, 6) is 1.83. The molecule has 0 aromatic carbocycles. The summed E-state index contributed by atoms with van der Waals surface area (Å²) in [5.41, 5.74) is 0. The highest BCUT2D eigenvalue weighted by Crippen LogP contribution is 2.12. The fourth-order valence-electron chi connectivity index (χ4n) is 1.33. The number of carbonyl (C=O) groups is 1. The summed E-state index contributed by atoms with van der Waals surface area (Å²) in [6, 6.07) is 1.70. The highest BCUT2D eigenvalue weighted by atomic mass is 16.5. The van der Waals surface area contributed by atoms with Gasteiger partial charge in [-0.25, -0.2) is 4.98 Å². The van der Waals surface area contributed by atoms with E-state index in [4.69, 9.17) is 4.74 Å². The van der Waals surface area contributed by atoms with Gasteiger partial charge in [0.15, 0.2) is 0 Å². The third-order valence-corrected chi connectivity index (χ3v) is 2.06. The zero-order valence-electron chi connectivity index (χ0n) is 10.4. The molecule has 0 spiro atoms. The molecule has 1 heterocycles. The van der Waals surface area contributed by atoms with Crippen LogP contribution in [0, 0.1) is 6.92 Å². The zero-order valence-corrected chi connectivity index (χ0v) is 10.4. The van der Waals surface area contributed by atoms with E-state index in [0.717, 1.165) is 0 Å². The molecule has 94 valence electrons. The van der Waals surface area contributed by atoms with Crippen LogP contribution in [-0.4, -0.2) is 36.1 Å². The van der Waals surface area contributed by atoms with Gasteiger partial charge in [-0.05, 0) is 13.8 Å². The molecule has 0 saturated heterocycles. The summed E-state index contributed by atoms with van der Waals surface area (Å²) in [4.78, 5) is 19.5. The van der Waals surface area contributed by atoms with E-state index in [1.54, 1.807) is 20.1 Å². The highest BCUT2D eigenvalue weighted by Gasteiger charge is 2.03. The van der Waals surface area contributed by atoms with Crippen LogP contribution in [0.15, 0.2) is 6.07 Å². The van der Waals surface area contributed by atoms with E-state index >= 15 is 0 Å². The minimum Gasteiger partial charge on any atom is -0.481 e. The molecule has 6 heteroatoms. The van der Waals surface area contributed by atoms with Crippen LogP contribution in [0.1, 0.15) is 19.2 Å². The van der Waals surface area contributed by atoms with Crippen LogP contribution in [0.2, 0.25) is 0 Å². The number of ether oxygens (including phenoxy) is 1. The molecule has 0 radical (unpaired) electrons. The van der Waals surface area contributed by atoms with Crippen molar-refractivity contribution in [2.24, 2.45) is 0 Å². The molecule has 17 heavy (non-hydrogen) atoms. The summed E-state index contributed by atoms with van der Waals surface area (Å²) < 4.78 is 5.03. The smallest absolute Gasteiger partial charge is 0.221 e. The third-order valence-electron chi connectivity index (χ3n) is 2.06. The Morgan fingerprint density at radius 3 is 2.88 bits per heavy atom. The Morgan fingerprint density at radius 2 is 2.24 bits per heavy atom. The Labute approximate surface area is 101 Å². The molecule has 0 fully saturated rings. The Bertz CT molecular complexity index is 382. The zero-order chi connectivity index (χ0) is 12.7. The lowest BCUT2D eigenvalue weighted by atomic mass is 10.4. The van der Waals surface area contributed by atoms with Crippen LogP contribution in [0.5, 0.6) is 5.88 Å². The van der Waals surface area contributed by atoms with Crippen molar-refractivity contribution in [3.63, 3.8) is 0 Å². The normalized spacial score (nSPS) is 9.82. The Balaban J connectivity index is 2.46. The summed E-state index contributed by atoms with van der Waals surface area (Å²) in [7, 11) is 1.56. The lowest BCUT2D eigenvalue weighted by Crippen LogP contribution is -2.24. The summed E-state index contributed by atoms with van der Waals surface area (Å²) in [5, 5.41) is 5.79. The molecular weight excluding hydrogens is 220 g/mol. The van der Waals surface area contributed by atoms with Crippen molar-refractivity contribution < 1.29 is 9.53 Å². The third kappa shape index (κ3) is 4.67. The van der Waals surface area contributed by atoms with Crippen molar-refractivity contribution in [1.82, 2.24) is 15.3 Å². The van der Waals surface area contributed by atoms with Crippen molar-refractivity contribution >= 4 is 11.7 Å². The van der Waals surface area contributed by atoms with Gasteiger partial charge in [-0.3, -0.25) is 4.79 Å². The summed E-state index contributed by atoms with van der Waals surface area (Å²) in [6.45, 7) is 4.87. The van der Waals surface area contributed by atoms with Crippen LogP contribution in [0.25, 0.3) is 0 Å². The minimum absolute atomic E-state index is 0.0257. The second-order valence-corrected chi connectivity index (χ2v) is 3.47. The van der Waals surface area contributed by atoms with E-state index in [1.165, 1.54) is 0 Å². The molecule has 1 aromatic rings. The first-order chi connectivity index (χ1) is 8.15. The average molecular weight is 238 g/mol. The molecule has 0 aliphatic heterocycles. The molecule has 0 saturated carbocycles. The maximum Gasteiger partial charge on any atom is 0.221 e. The van der Waals surface area contributed by atoms with Crippen molar-refractivity contribution in [3.05, 3.63) is 11.9 Å². The van der Waals surface area contributed by atoms with Gasteiger partial charge >= 0.3 is 0 Å². The second-order valence-electron chi connectivity index (χ2n) is 3.47. The topological polar surface area (TPSA) is 76.1 Å². The maximum absolute atomic E-state index is 11.2. The molecular formula is C11H18N4O2. The van der Waals surface area contributed by atoms with Crippen LogP contribution < -0.4 is 15.4 Å². The van der Waals surface area contributed by atoms with Crippen molar-refractivity contribution in [2.45, 2.75) is 20.3 Å². The number of hydrogen-bond acceptors (Lipinski definition) is 5. The lowest BCUT2D eigenvalue weighted by Gasteiger charge is -2.07. The first-order valence-corrected chi connectivity index (χ1v) is 5.56. The number of nitrogens with zero attached hydrogens (tertiary/aromatic N) is 2. The second kappa shape index (κ2) is 6.67. The molecule has 0 bridgehead atoms. The molecule has 0 aliphatic rings. The van der Waals surface area contributed by atoms with Crippen LogP contribution in [-0.2, 0) is 4.79 Å². The number of carbonyl (C=O) groups excluding carboxylic acids is 1. The lowest BCUT2D eigenvalue weighted by molar-refractivity contribution is -0.120. The number of hydrogen-bond donors (Lipinski definition) is 2. The predicted molar refractivity (Wildman–Crippen MR) is 65.1 cm³/mol. The Hall–Kier alpha value is -1.85. The Morgan fingerprint density at radius 1 is 1.47 bits per heavy atom. The van der Waals surface area contributed by atoms with Gasteiger partial charge in [0.05, 0.1) is 7.11 Å². The fraction of sp³-hybridized carbons (Fsp3) is 0.545. The predicted octanol–water partition coefficient (Wildman–Crippen LogP) is 0.732. The number of methoxy groups -OCH3 is 1. The van der Waals surface area contributed by atoms with Gasteiger partial charge < -0.3 is 15.4 Å². The summed E-state index contributed by atoms with van der Waals surface area (Å²) >= 11 is 0. The van der Waals surface area contributed by atoms with Gasteiger partial charge in [-0.15, -0.1) is 0 Å². The SMILES string of the molecule is CCNC(=O)CCNc1cc(OC)nc(C)n1. The number of aryl methyl sites for hydroxylation is 1. The number of rotatable bonds is 6. The largest absolute Gasteiger partial charge is 0.481 e. The van der Waals surface area contributed by atoms with Crippen molar-refractivity contribution in [1.29, 1.82) is 0 Å². The molecule has 0 unspecified atom stereocenters. The monoisotopic (exact) mass is 238 g/mol. The molecule has 1 rings (SSSR count). The van der Waals surface area contributed by atoms with Gasteiger partial charge in [-0.1, -0.05) is 0 Å². The maximum atomic E-state index is 11.2. The molecule has 0 atom stereocenters. The highest BCUT2D eigenvalue weighted by molar-refractivity contribution is 5.76. The van der Waals surface area contributed by atoms with Crippen LogP contribution in [0.4, 0.5) is 5.82 Å². The quantitative estimate of drug-likeness (QED) is 0.764. The van der Waals surface area contributed by atoms with Gasteiger partial charge in [0.2, 0.25) is 11.8 Å². The average Bonchev–Trinajstić information content (AvgIpc) is 2.28. The first kappa shape index (κ1) is 13.2. The van der Waals surface area contributed by atoms with Crippen LogP contribution in [0.3, 0.4) is 0 Å². The molecule has 0 aliphatic carbocycles. The molecule has 1 amide bonds. The van der Waals surface area contributed by atoms with E-state index in [9.17, 15) is 4.79 Å². The number of amides is 1. The van der Waals surface area contributed by atoms with E-state index in [0.29, 0.717) is 37.0 Å². The van der Waals surface area contributed by atoms with Gasteiger partial charge in [-0.2, -0.15) is 4.98 Å². The van der Waals surface area contributed by atoms with Gasteiger partial charge in [0, 0.05) is 25.6 Å². The van der Waals surface area contributed by atoms with E-state index in [2.05, 4.69) is 20.6 Å². The van der Waals surface area contributed by atoms with E-state index in [-0.39, 0.29) is 5.91 Å². The first-order valence-electron chi connectivity index (χ1n) is 5.56. The molecule has 1 aromatic heterocycles. The molecule has 6 nitrogen and oxygen atoms in total. The summed E-state index contributed by atoms with van der Waals surface area (Å²) in [6.07, 6.45) is 0.416. The van der Waals surface area contributed by atoms with Crippen LogP contribution >= 0.6 is 0 Å². The molecule has 2 N–H and O–H groups in total. The Kier molecular flexibility index (Phi) is 5.19. The minimum atomic E-state index is 0.0257. The van der Waals surface area contributed by atoms with E-state index in [1.807, 2.05) is 6.92 Å². The van der Waals surface area contributed by atoms with Gasteiger partial charge in [0.25, 0.3) is 0 Å². The van der Waals surface area contributed by atoms with Crippen molar-refractivity contribution in [2.75, 3.05) is 25.5 Å². The number of aromatic nitrogens is 2. The van der Waals surface area contributed by atoms with Crippen molar-refractivity contribution in [3.8, 4) is 5.88 Å². The number of anilines is 1. The number of nitrogens with one attached hydrogen (secondary N) is 2. The van der Waals surface area contributed by atoms with Gasteiger partial charge in [0.1, 0.15) is 11.6 Å².